The Morgan fingerprint density at radius 1 is 1.32 bits per heavy atom. The van der Waals surface area contributed by atoms with Gasteiger partial charge in [-0.2, -0.15) is 0 Å². The van der Waals surface area contributed by atoms with E-state index in [1.165, 1.54) is 17.2 Å². The van der Waals surface area contributed by atoms with E-state index in [1.807, 2.05) is 31.5 Å². The second-order valence-corrected chi connectivity index (χ2v) is 5.12. The van der Waals surface area contributed by atoms with E-state index in [2.05, 4.69) is 0 Å². The molecule has 5 heteroatoms. The van der Waals surface area contributed by atoms with Crippen molar-refractivity contribution in [2.45, 2.75) is 27.3 Å². The largest absolute Gasteiger partial charge is 0.347 e. The Morgan fingerprint density at radius 2 is 2.00 bits per heavy atom. The minimum atomic E-state index is -0.371. The highest BCUT2D eigenvalue weighted by molar-refractivity contribution is 6.30. The Labute approximate surface area is 116 Å². The fourth-order valence-electron chi connectivity index (χ4n) is 2.13. The van der Waals surface area contributed by atoms with Crippen LogP contribution in [0.1, 0.15) is 22.4 Å². The summed E-state index contributed by atoms with van der Waals surface area (Å²) in [5.41, 5.74) is 4.24. The minimum Gasteiger partial charge on any atom is -0.347 e. The molecule has 2 aromatic rings. The molecule has 0 spiro atoms. The number of rotatable bonds is 3. The van der Waals surface area contributed by atoms with Gasteiger partial charge in [0.15, 0.2) is 0 Å². The quantitative estimate of drug-likeness (QED) is 0.629. The maximum atomic E-state index is 11.0. The third kappa shape index (κ3) is 2.63. The number of aryl methyl sites for hydroxylation is 1. The Morgan fingerprint density at radius 3 is 2.53 bits per heavy atom. The summed E-state index contributed by atoms with van der Waals surface area (Å²) < 4.78 is 2.02. The SMILES string of the molecule is Cc1cn(Cc2cc(Cl)ccc2[N+](=O)[O-])c(C)c1C. The van der Waals surface area contributed by atoms with Crippen LogP contribution in [0.4, 0.5) is 5.69 Å². The number of aromatic nitrogens is 1. The molecular weight excluding hydrogens is 264 g/mol. The molecule has 1 aromatic heterocycles. The van der Waals surface area contributed by atoms with Crippen molar-refractivity contribution in [1.82, 2.24) is 4.57 Å². The second-order valence-electron chi connectivity index (χ2n) is 4.68. The topological polar surface area (TPSA) is 48.1 Å². The van der Waals surface area contributed by atoms with E-state index in [-0.39, 0.29) is 10.6 Å². The summed E-state index contributed by atoms with van der Waals surface area (Å²) >= 11 is 5.93. The third-order valence-electron chi connectivity index (χ3n) is 3.49. The van der Waals surface area contributed by atoms with Gasteiger partial charge in [0.1, 0.15) is 0 Å². The zero-order chi connectivity index (χ0) is 14.2. The summed E-state index contributed by atoms with van der Waals surface area (Å²) in [6.07, 6.45) is 2.01. The number of hydrogen-bond donors (Lipinski definition) is 0. The van der Waals surface area contributed by atoms with Crippen molar-refractivity contribution in [3.8, 4) is 0 Å². The first-order valence-corrected chi connectivity index (χ1v) is 6.33. The van der Waals surface area contributed by atoms with E-state index >= 15 is 0 Å². The predicted molar refractivity (Wildman–Crippen MR) is 75.9 cm³/mol. The molecule has 4 nitrogen and oxygen atoms in total. The number of halogens is 1. The van der Waals surface area contributed by atoms with Gasteiger partial charge in [0.2, 0.25) is 0 Å². The average Bonchev–Trinajstić information content (AvgIpc) is 2.57. The van der Waals surface area contributed by atoms with Gasteiger partial charge < -0.3 is 4.57 Å². The number of hydrogen-bond acceptors (Lipinski definition) is 2. The van der Waals surface area contributed by atoms with Gasteiger partial charge in [-0.3, -0.25) is 10.1 Å². The molecule has 0 aliphatic rings. The number of nitro groups is 1. The van der Waals surface area contributed by atoms with Gasteiger partial charge in [0.25, 0.3) is 5.69 Å². The van der Waals surface area contributed by atoms with Crippen molar-refractivity contribution in [3.63, 3.8) is 0 Å². The molecule has 0 fully saturated rings. The van der Waals surface area contributed by atoms with E-state index in [9.17, 15) is 10.1 Å². The lowest BCUT2D eigenvalue weighted by Gasteiger charge is -2.08. The molecule has 0 bridgehead atoms. The summed E-state index contributed by atoms with van der Waals surface area (Å²) in [6.45, 7) is 6.55. The molecule has 1 heterocycles. The van der Waals surface area contributed by atoms with Gasteiger partial charge in [-0.25, -0.2) is 0 Å². The van der Waals surface area contributed by atoms with E-state index in [0.717, 1.165) is 5.69 Å². The van der Waals surface area contributed by atoms with Crippen LogP contribution in [0, 0.1) is 30.9 Å². The summed E-state index contributed by atoms with van der Waals surface area (Å²) in [5.74, 6) is 0. The first-order valence-electron chi connectivity index (χ1n) is 5.96. The second kappa shape index (κ2) is 5.05. The highest BCUT2D eigenvalue weighted by atomic mass is 35.5. The standard InChI is InChI=1S/C14H15ClN2O2/c1-9-7-16(11(3)10(9)2)8-12-6-13(15)4-5-14(12)17(18)19/h4-7H,8H2,1-3H3. The fraction of sp³-hybridized carbons (Fsp3) is 0.286. The summed E-state index contributed by atoms with van der Waals surface area (Å²) in [6, 6.07) is 4.65. The lowest BCUT2D eigenvalue weighted by Crippen LogP contribution is -2.04. The maximum absolute atomic E-state index is 11.0. The molecule has 0 atom stereocenters. The summed E-state index contributed by atoms with van der Waals surface area (Å²) in [7, 11) is 0. The number of benzene rings is 1. The van der Waals surface area contributed by atoms with Crippen LogP contribution in [0.3, 0.4) is 0 Å². The molecule has 19 heavy (non-hydrogen) atoms. The van der Waals surface area contributed by atoms with Gasteiger partial charge in [-0.05, 0) is 44.0 Å². The Kier molecular flexibility index (Phi) is 3.62. The van der Waals surface area contributed by atoms with Crippen molar-refractivity contribution in [2.24, 2.45) is 0 Å². The smallest absolute Gasteiger partial charge is 0.274 e. The third-order valence-corrected chi connectivity index (χ3v) is 3.73. The van der Waals surface area contributed by atoms with Crippen LogP contribution in [0.5, 0.6) is 0 Å². The highest BCUT2D eigenvalue weighted by Gasteiger charge is 2.15. The normalized spacial score (nSPS) is 10.7. The number of nitrogens with zero attached hydrogens (tertiary/aromatic N) is 2. The Balaban J connectivity index is 2.45. The Bertz CT molecular complexity index is 647. The highest BCUT2D eigenvalue weighted by Crippen LogP contribution is 2.25. The molecule has 1 aromatic carbocycles. The van der Waals surface area contributed by atoms with E-state index in [0.29, 0.717) is 17.1 Å². The van der Waals surface area contributed by atoms with Gasteiger partial charge in [0.05, 0.1) is 17.0 Å². The molecule has 0 amide bonds. The first-order chi connectivity index (χ1) is 8.90. The lowest BCUT2D eigenvalue weighted by atomic mass is 10.1. The minimum absolute atomic E-state index is 0.104. The van der Waals surface area contributed by atoms with Crippen LogP contribution in [-0.2, 0) is 6.54 Å². The average molecular weight is 279 g/mol. The van der Waals surface area contributed by atoms with Crippen molar-refractivity contribution in [1.29, 1.82) is 0 Å². The van der Waals surface area contributed by atoms with Gasteiger partial charge in [-0.1, -0.05) is 11.6 Å². The molecule has 0 saturated carbocycles. The van der Waals surface area contributed by atoms with E-state index < -0.39 is 0 Å². The zero-order valence-corrected chi connectivity index (χ0v) is 11.9. The molecular formula is C14H15ClN2O2. The van der Waals surface area contributed by atoms with Crippen LogP contribution in [0.15, 0.2) is 24.4 Å². The molecule has 0 radical (unpaired) electrons. The van der Waals surface area contributed by atoms with Crippen molar-refractivity contribution < 1.29 is 4.92 Å². The van der Waals surface area contributed by atoms with Gasteiger partial charge in [0, 0.05) is 23.0 Å². The lowest BCUT2D eigenvalue weighted by molar-refractivity contribution is -0.385. The first kappa shape index (κ1) is 13.6. The molecule has 0 N–H and O–H groups in total. The molecule has 2 rings (SSSR count). The monoisotopic (exact) mass is 278 g/mol. The van der Waals surface area contributed by atoms with Crippen molar-refractivity contribution >= 4 is 17.3 Å². The number of nitro benzene ring substituents is 1. The fourth-order valence-corrected chi connectivity index (χ4v) is 2.33. The van der Waals surface area contributed by atoms with Gasteiger partial charge in [-0.15, -0.1) is 0 Å². The van der Waals surface area contributed by atoms with Crippen LogP contribution >= 0.6 is 11.6 Å². The summed E-state index contributed by atoms with van der Waals surface area (Å²) in [4.78, 5) is 10.7. The molecule has 0 aliphatic carbocycles. The van der Waals surface area contributed by atoms with Crippen molar-refractivity contribution in [3.05, 3.63) is 61.9 Å². The zero-order valence-electron chi connectivity index (χ0n) is 11.1. The van der Waals surface area contributed by atoms with Crippen LogP contribution in [0.2, 0.25) is 5.02 Å². The maximum Gasteiger partial charge on any atom is 0.274 e. The molecule has 0 saturated heterocycles. The van der Waals surface area contributed by atoms with Crippen LogP contribution in [-0.4, -0.2) is 9.49 Å². The molecule has 0 aliphatic heterocycles. The van der Waals surface area contributed by atoms with Gasteiger partial charge >= 0.3 is 0 Å². The Hall–Kier alpha value is -1.81. The van der Waals surface area contributed by atoms with Crippen LogP contribution in [0.25, 0.3) is 0 Å². The van der Waals surface area contributed by atoms with E-state index in [4.69, 9.17) is 11.6 Å². The predicted octanol–water partition coefficient (Wildman–Crippen LogP) is 4.02. The van der Waals surface area contributed by atoms with Crippen molar-refractivity contribution in [2.75, 3.05) is 0 Å². The van der Waals surface area contributed by atoms with E-state index in [1.54, 1.807) is 12.1 Å². The molecule has 100 valence electrons. The summed E-state index contributed by atoms with van der Waals surface area (Å²) in [5, 5.41) is 11.5. The van der Waals surface area contributed by atoms with Crippen LogP contribution < -0.4 is 0 Å². The molecule has 0 unspecified atom stereocenters.